The molecule has 0 unspecified atom stereocenters. The van der Waals surface area contributed by atoms with Crippen molar-refractivity contribution in [2.24, 2.45) is 17.8 Å². The monoisotopic (exact) mass is 345 g/mol. The Labute approximate surface area is 147 Å². The first kappa shape index (κ1) is 18.7. The predicted octanol–water partition coefficient (Wildman–Crippen LogP) is 2.54. The minimum atomic E-state index is -0.645. The second-order valence-electron chi connectivity index (χ2n) is 6.29. The Hall–Kier alpha value is -2.63. The highest BCUT2D eigenvalue weighted by atomic mass is 16.5. The zero-order valence-corrected chi connectivity index (χ0v) is 15.1. The molecule has 0 spiro atoms. The van der Waals surface area contributed by atoms with Crippen molar-refractivity contribution in [2.45, 2.75) is 20.8 Å². The normalized spacial score (nSPS) is 21.1. The summed E-state index contributed by atoms with van der Waals surface area (Å²) in [6, 6.07) is 9.16. The minimum Gasteiger partial charge on any atom is -0.469 e. The van der Waals surface area contributed by atoms with Gasteiger partial charge in [-0.25, -0.2) is 0 Å². The lowest BCUT2D eigenvalue weighted by Crippen LogP contribution is -2.29. The van der Waals surface area contributed by atoms with E-state index in [0.717, 1.165) is 11.3 Å². The molecule has 0 aromatic heterocycles. The largest absolute Gasteiger partial charge is 0.469 e. The average Bonchev–Trinajstić information content (AvgIpc) is 3.33. The van der Waals surface area contributed by atoms with Crippen LogP contribution in [0.1, 0.15) is 20.8 Å². The molecule has 2 rings (SSSR count). The Morgan fingerprint density at radius 2 is 1.56 bits per heavy atom. The molecule has 0 heterocycles. The van der Waals surface area contributed by atoms with Gasteiger partial charge >= 0.3 is 11.9 Å². The molecule has 134 valence electrons. The number of rotatable bonds is 5. The van der Waals surface area contributed by atoms with Crippen molar-refractivity contribution in [1.29, 1.82) is 0 Å². The van der Waals surface area contributed by atoms with E-state index in [9.17, 15) is 14.4 Å². The molecular weight excluding hydrogens is 322 g/mol. The van der Waals surface area contributed by atoms with Gasteiger partial charge in [0.15, 0.2) is 0 Å². The van der Waals surface area contributed by atoms with Gasteiger partial charge in [-0.15, -0.1) is 0 Å². The Morgan fingerprint density at radius 1 is 0.960 bits per heavy atom. The minimum absolute atomic E-state index is 0.211. The fraction of sp³-hybridized carbons (Fsp3) is 0.421. The van der Waals surface area contributed by atoms with E-state index >= 15 is 0 Å². The number of methoxy groups -OCH3 is 1. The number of carbonyl (C=O) groups excluding carboxylic acids is 3. The van der Waals surface area contributed by atoms with Crippen molar-refractivity contribution in [3.05, 3.63) is 41.7 Å². The molecule has 25 heavy (non-hydrogen) atoms. The fourth-order valence-electron chi connectivity index (χ4n) is 3.03. The lowest BCUT2D eigenvalue weighted by atomic mass is 10.1. The lowest BCUT2D eigenvalue weighted by molar-refractivity contribution is -0.144. The van der Waals surface area contributed by atoms with Crippen molar-refractivity contribution in [2.75, 3.05) is 19.1 Å². The lowest BCUT2D eigenvalue weighted by Gasteiger charge is -2.17. The van der Waals surface area contributed by atoms with Crippen molar-refractivity contribution in [3.63, 3.8) is 0 Å². The van der Waals surface area contributed by atoms with Crippen LogP contribution in [0.5, 0.6) is 0 Å². The van der Waals surface area contributed by atoms with Crippen molar-refractivity contribution < 1.29 is 23.9 Å². The van der Waals surface area contributed by atoms with E-state index in [-0.39, 0.29) is 5.91 Å². The number of nitrogens with zero attached hydrogens (tertiary/aromatic N) is 1. The molecule has 0 saturated heterocycles. The summed E-state index contributed by atoms with van der Waals surface area (Å²) in [6.07, 6.45) is 0. The summed E-state index contributed by atoms with van der Waals surface area (Å²) in [4.78, 5) is 37.9. The van der Waals surface area contributed by atoms with Crippen LogP contribution >= 0.6 is 0 Å². The molecule has 0 bridgehead atoms. The van der Waals surface area contributed by atoms with Gasteiger partial charge in [0, 0.05) is 25.6 Å². The van der Waals surface area contributed by atoms with Crippen LogP contribution in [-0.4, -0.2) is 32.0 Å². The van der Waals surface area contributed by atoms with Gasteiger partial charge in [-0.05, 0) is 31.6 Å². The number of benzene rings is 1. The highest BCUT2D eigenvalue weighted by Crippen LogP contribution is 2.53. The molecule has 6 nitrogen and oxygen atoms in total. The maximum absolute atomic E-state index is 12.9. The zero-order valence-electron chi connectivity index (χ0n) is 15.1. The first-order valence-corrected chi connectivity index (χ1v) is 8.05. The first-order chi connectivity index (χ1) is 11.8. The molecule has 6 heteroatoms. The summed E-state index contributed by atoms with van der Waals surface area (Å²) in [5.41, 5.74) is 1.49. The van der Waals surface area contributed by atoms with Gasteiger partial charge in [0.25, 0.3) is 0 Å². The summed E-state index contributed by atoms with van der Waals surface area (Å²) in [6.45, 7) is 4.87. The Kier molecular flexibility index (Phi) is 5.62. The maximum atomic E-state index is 12.9. The van der Waals surface area contributed by atoms with Gasteiger partial charge in [-0.3, -0.25) is 14.4 Å². The predicted molar refractivity (Wildman–Crippen MR) is 92.5 cm³/mol. The Morgan fingerprint density at radius 3 is 2.04 bits per heavy atom. The fourth-order valence-corrected chi connectivity index (χ4v) is 3.03. The molecule has 0 N–H and O–H groups in total. The number of allylic oxidation sites excluding steroid dienone is 2. The third kappa shape index (κ3) is 3.90. The summed E-state index contributed by atoms with van der Waals surface area (Å²) in [5.74, 6) is -2.53. The molecule has 1 fully saturated rings. The number of hydrogen-bond donors (Lipinski definition) is 0. The summed E-state index contributed by atoms with van der Waals surface area (Å²) in [7, 11) is 2.95. The van der Waals surface area contributed by atoms with E-state index < -0.39 is 29.7 Å². The van der Waals surface area contributed by atoms with Crippen LogP contribution in [0.25, 0.3) is 0 Å². The number of esters is 2. The van der Waals surface area contributed by atoms with Crippen LogP contribution in [-0.2, 0) is 23.9 Å². The molecule has 0 aliphatic heterocycles. The van der Waals surface area contributed by atoms with Gasteiger partial charge in [-0.1, -0.05) is 18.2 Å². The molecule has 1 aromatic carbocycles. The molecule has 1 aromatic rings. The highest BCUT2D eigenvalue weighted by molar-refractivity contribution is 6.01. The average molecular weight is 345 g/mol. The van der Waals surface area contributed by atoms with Gasteiger partial charge in [-0.2, -0.15) is 0 Å². The van der Waals surface area contributed by atoms with Crippen LogP contribution in [0.3, 0.4) is 0 Å². The second-order valence-corrected chi connectivity index (χ2v) is 6.29. The molecule has 0 radical (unpaired) electrons. The zero-order chi connectivity index (χ0) is 18.7. The van der Waals surface area contributed by atoms with Crippen LogP contribution in [0.4, 0.5) is 5.69 Å². The summed E-state index contributed by atoms with van der Waals surface area (Å²) in [5, 5.41) is 0. The van der Waals surface area contributed by atoms with E-state index in [2.05, 4.69) is 0 Å². The van der Waals surface area contributed by atoms with Crippen LogP contribution < -0.4 is 4.90 Å². The summed E-state index contributed by atoms with van der Waals surface area (Å²) < 4.78 is 10.1. The number of ether oxygens (including phenoxy) is 2. The Bertz CT molecular complexity index is 706. The molecule has 1 aliphatic carbocycles. The highest BCUT2D eigenvalue weighted by Gasteiger charge is 2.63. The molecule has 3 atom stereocenters. The molecule has 1 aliphatic rings. The van der Waals surface area contributed by atoms with Gasteiger partial charge in [0.1, 0.15) is 5.76 Å². The smallest absolute Gasteiger partial charge is 0.310 e. The first-order valence-electron chi connectivity index (χ1n) is 8.05. The maximum Gasteiger partial charge on any atom is 0.310 e. The number of amides is 1. The summed E-state index contributed by atoms with van der Waals surface area (Å²) >= 11 is 0. The topological polar surface area (TPSA) is 72.9 Å². The Balaban J connectivity index is 2.31. The van der Waals surface area contributed by atoms with E-state index in [1.807, 2.05) is 30.3 Å². The number of carbonyl (C=O) groups is 3. The van der Waals surface area contributed by atoms with Gasteiger partial charge in [0.2, 0.25) is 5.91 Å². The number of para-hydroxylation sites is 1. The SMILES string of the molecule is COC(=O)[C@@H]1[C@@H](C(=O)N(C)c2ccccc2)[C@H]1C(OC(C)=O)=C(C)C. The van der Waals surface area contributed by atoms with Gasteiger partial charge < -0.3 is 14.4 Å². The van der Waals surface area contributed by atoms with Crippen LogP contribution in [0.2, 0.25) is 0 Å². The van der Waals surface area contributed by atoms with Crippen LogP contribution in [0, 0.1) is 17.8 Å². The second kappa shape index (κ2) is 7.51. The van der Waals surface area contributed by atoms with E-state index in [0.29, 0.717) is 5.76 Å². The molecule has 1 saturated carbocycles. The quantitative estimate of drug-likeness (QED) is 0.606. The third-order valence-electron chi connectivity index (χ3n) is 4.30. The van der Waals surface area contributed by atoms with E-state index in [1.165, 1.54) is 18.9 Å². The van der Waals surface area contributed by atoms with Crippen LogP contribution in [0.15, 0.2) is 41.7 Å². The molecular formula is C19H23NO5. The number of anilines is 1. The third-order valence-corrected chi connectivity index (χ3v) is 4.30. The van der Waals surface area contributed by atoms with Crippen molar-refractivity contribution in [3.8, 4) is 0 Å². The van der Waals surface area contributed by atoms with Crippen molar-refractivity contribution in [1.82, 2.24) is 0 Å². The van der Waals surface area contributed by atoms with E-state index in [4.69, 9.17) is 9.47 Å². The van der Waals surface area contributed by atoms with Crippen molar-refractivity contribution >= 4 is 23.5 Å². The van der Waals surface area contributed by atoms with E-state index in [1.54, 1.807) is 20.9 Å². The number of hydrogen-bond acceptors (Lipinski definition) is 5. The molecule has 1 amide bonds. The van der Waals surface area contributed by atoms with Gasteiger partial charge in [0.05, 0.1) is 18.9 Å². The standard InChI is InChI=1S/C19H23NO5/c1-11(2)17(25-12(3)21)14-15(16(14)19(23)24-5)18(22)20(4)13-9-7-6-8-10-13/h6-10,14-16H,1-5H3/t14-,15+,16+/m1/s1.